The Bertz CT molecular complexity index is 198. The maximum Gasteiger partial charge on any atom is 0.0966 e. The molecule has 1 aliphatic rings. The molecule has 3 N–H and O–H groups in total. The van der Waals surface area contributed by atoms with Crippen LogP contribution in [-0.4, -0.2) is 44.1 Å². The number of nitrogens with one attached hydrogen (secondary N) is 1. The fourth-order valence-electron chi connectivity index (χ4n) is 1.76. The molecule has 0 aliphatic carbocycles. The monoisotopic (exact) mass is 199 g/mol. The highest BCUT2D eigenvalue weighted by Gasteiger charge is 2.32. The quantitative estimate of drug-likeness (QED) is 0.517. The number of amidine groups is 1. The van der Waals surface area contributed by atoms with E-state index in [1.54, 1.807) is 7.11 Å². The van der Waals surface area contributed by atoms with Crippen LogP contribution in [0.4, 0.5) is 0 Å². The smallest absolute Gasteiger partial charge is 0.0966 e. The molecule has 4 nitrogen and oxygen atoms in total. The molecule has 0 amide bonds. The van der Waals surface area contributed by atoms with Crippen molar-refractivity contribution in [1.29, 1.82) is 5.41 Å². The third kappa shape index (κ3) is 2.69. The van der Waals surface area contributed by atoms with Gasteiger partial charge in [0.2, 0.25) is 0 Å². The molecule has 14 heavy (non-hydrogen) atoms. The van der Waals surface area contributed by atoms with Crippen LogP contribution in [0.25, 0.3) is 0 Å². The molecule has 1 fully saturated rings. The molecule has 1 heterocycles. The summed E-state index contributed by atoms with van der Waals surface area (Å²) in [6.07, 6.45) is 1.98. The molecule has 1 rings (SSSR count). The predicted molar refractivity (Wildman–Crippen MR) is 57.6 cm³/mol. The van der Waals surface area contributed by atoms with Gasteiger partial charge in [-0.1, -0.05) is 6.92 Å². The van der Waals surface area contributed by atoms with Crippen LogP contribution < -0.4 is 5.73 Å². The second-order valence-electron chi connectivity index (χ2n) is 4.31. The summed E-state index contributed by atoms with van der Waals surface area (Å²) in [7, 11) is 1.73. The molecule has 82 valence electrons. The summed E-state index contributed by atoms with van der Waals surface area (Å²) in [5.41, 5.74) is 5.52. The maximum atomic E-state index is 7.52. The molecular formula is C10H21N3O. The molecule has 0 unspecified atom stereocenters. The van der Waals surface area contributed by atoms with Crippen LogP contribution in [0.5, 0.6) is 0 Å². The van der Waals surface area contributed by atoms with Gasteiger partial charge in [0.05, 0.1) is 12.4 Å². The first kappa shape index (κ1) is 11.5. The second-order valence-corrected chi connectivity index (χ2v) is 4.31. The maximum absolute atomic E-state index is 7.52. The molecular weight excluding hydrogens is 178 g/mol. The zero-order valence-corrected chi connectivity index (χ0v) is 9.18. The first-order chi connectivity index (χ1) is 6.58. The van der Waals surface area contributed by atoms with Crippen molar-refractivity contribution in [3.05, 3.63) is 0 Å². The largest absolute Gasteiger partial charge is 0.387 e. The summed E-state index contributed by atoms with van der Waals surface area (Å²) in [5, 5.41) is 7.52. The van der Waals surface area contributed by atoms with Crippen LogP contribution in [0.2, 0.25) is 0 Å². The number of piperidine rings is 1. The Morgan fingerprint density at radius 3 is 2.50 bits per heavy atom. The average Bonchev–Trinajstić information content (AvgIpc) is 2.17. The third-order valence-electron chi connectivity index (χ3n) is 3.22. The predicted octanol–water partition coefficient (Wildman–Crippen LogP) is 0.671. The van der Waals surface area contributed by atoms with Crippen molar-refractivity contribution in [2.75, 3.05) is 33.4 Å². The minimum atomic E-state index is -0.0659. The normalized spacial score (nSPS) is 22.1. The van der Waals surface area contributed by atoms with E-state index in [4.69, 9.17) is 15.9 Å². The van der Waals surface area contributed by atoms with E-state index >= 15 is 0 Å². The average molecular weight is 199 g/mol. The summed E-state index contributed by atoms with van der Waals surface area (Å²) in [4.78, 5) is 2.37. The summed E-state index contributed by atoms with van der Waals surface area (Å²) in [5.74, 6) is 0.337. The number of rotatable bonds is 4. The van der Waals surface area contributed by atoms with Gasteiger partial charge in [0.1, 0.15) is 0 Å². The number of hydrogen-bond acceptors (Lipinski definition) is 3. The van der Waals surface area contributed by atoms with Gasteiger partial charge in [-0.2, -0.15) is 0 Å². The lowest BCUT2D eigenvalue weighted by Crippen LogP contribution is -2.45. The fourth-order valence-corrected chi connectivity index (χ4v) is 1.76. The van der Waals surface area contributed by atoms with Crippen molar-refractivity contribution in [2.45, 2.75) is 19.8 Å². The number of hydrogen-bond donors (Lipinski definition) is 2. The van der Waals surface area contributed by atoms with E-state index in [1.807, 2.05) is 0 Å². The summed E-state index contributed by atoms with van der Waals surface area (Å²) >= 11 is 0. The minimum Gasteiger partial charge on any atom is -0.387 e. The number of likely N-dealkylation sites (tertiary alicyclic amines) is 1. The van der Waals surface area contributed by atoms with Gasteiger partial charge in [-0.15, -0.1) is 0 Å². The zero-order valence-electron chi connectivity index (χ0n) is 9.18. The minimum absolute atomic E-state index is 0.0659. The van der Waals surface area contributed by atoms with E-state index in [0.717, 1.165) is 39.1 Å². The Morgan fingerprint density at radius 1 is 1.50 bits per heavy atom. The van der Waals surface area contributed by atoms with Crippen molar-refractivity contribution < 1.29 is 4.74 Å². The van der Waals surface area contributed by atoms with Crippen molar-refractivity contribution >= 4 is 5.84 Å². The lowest BCUT2D eigenvalue weighted by Gasteiger charge is -2.38. The Balaban J connectivity index is 2.34. The van der Waals surface area contributed by atoms with E-state index in [9.17, 15) is 0 Å². The van der Waals surface area contributed by atoms with Crippen molar-refractivity contribution in [3.63, 3.8) is 0 Å². The van der Waals surface area contributed by atoms with Gasteiger partial charge < -0.3 is 15.4 Å². The SMILES string of the molecule is COCCN1CCC(C)(C(=N)N)CC1. The Kier molecular flexibility index (Phi) is 3.89. The molecule has 0 spiro atoms. The van der Waals surface area contributed by atoms with Crippen molar-refractivity contribution in [2.24, 2.45) is 11.1 Å². The standard InChI is InChI=1S/C10H21N3O/c1-10(9(11)12)3-5-13(6-4-10)7-8-14-2/h3-8H2,1-2H3,(H3,11,12). The highest BCUT2D eigenvalue weighted by atomic mass is 16.5. The number of ether oxygens (including phenoxy) is 1. The molecule has 1 aliphatic heterocycles. The summed E-state index contributed by atoms with van der Waals surface area (Å²) in [6.45, 7) is 5.92. The molecule has 0 aromatic heterocycles. The van der Waals surface area contributed by atoms with Crippen molar-refractivity contribution in [3.8, 4) is 0 Å². The highest BCUT2D eigenvalue weighted by Crippen LogP contribution is 2.30. The molecule has 0 aromatic carbocycles. The molecule has 0 aromatic rings. The van der Waals surface area contributed by atoms with Crippen molar-refractivity contribution in [1.82, 2.24) is 4.90 Å². The van der Waals surface area contributed by atoms with E-state index in [-0.39, 0.29) is 5.41 Å². The van der Waals surface area contributed by atoms with Gasteiger partial charge in [0.15, 0.2) is 0 Å². The van der Waals surface area contributed by atoms with Gasteiger partial charge in [0, 0.05) is 19.1 Å². The topological polar surface area (TPSA) is 62.3 Å². The second kappa shape index (κ2) is 4.75. The third-order valence-corrected chi connectivity index (χ3v) is 3.22. The van der Waals surface area contributed by atoms with Crippen LogP contribution in [0.3, 0.4) is 0 Å². The van der Waals surface area contributed by atoms with Crippen LogP contribution in [0, 0.1) is 10.8 Å². The molecule has 0 atom stereocenters. The van der Waals surface area contributed by atoms with E-state index < -0.39 is 0 Å². The van der Waals surface area contributed by atoms with Crippen LogP contribution >= 0.6 is 0 Å². The summed E-state index contributed by atoms with van der Waals surface area (Å²) < 4.78 is 5.04. The Morgan fingerprint density at radius 2 is 2.07 bits per heavy atom. The zero-order chi connectivity index (χ0) is 10.6. The number of nitrogens with zero attached hydrogens (tertiary/aromatic N) is 1. The van der Waals surface area contributed by atoms with Gasteiger partial charge in [-0.05, 0) is 25.9 Å². The highest BCUT2D eigenvalue weighted by molar-refractivity contribution is 5.83. The molecule has 0 radical (unpaired) electrons. The Labute approximate surface area is 85.9 Å². The molecule has 0 saturated carbocycles. The van der Waals surface area contributed by atoms with Gasteiger partial charge in [-0.3, -0.25) is 5.41 Å². The lowest BCUT2D eigenvalue weighted by atomic mass is 9.79. The van der Waals surface area contributed by atoms with E-state index in [1.165, 1.54) is 0 Å². The first-order valence-corrected chi connectivity index (χ1v) is 5.14. The van der Waals surface area contributed by atoms with E-state index in [2.05, 4.69) is 11.8 Å². The van der Waals surface area contributed by atoms with Gasteiger partial charge in [-0.25, -0.2) is 0 Å². The van der Waals surface area contributed by atoms with E-state index in [0.29, 0.717) is 5.84 Å². The van der Waals surface area contributed by atoms with Crippen LogP contribution in [0.1, 0.15) is 19.8 Å². The Hall–Kier alpha value is -0.610. The molecule has 0 bridgehead atoms. The number of methoxy groups -OCH3 is 1. The number of nitrogens with two attached hydrogens (primary N) is 1. The summed E-state index contributed by atoms with van der Waals surface area (Å²) in [6, 6.07) is 0. The molecule has 4 heteroatoms. The van der Waals surface area contributed by atoms with Gasteiger partial charge in [0.25, 0.3) is 0 Å². The van der Waals surface area contributed by atoms with Crippen LogP contribution in [0.15, 0.2) is 0 Å². The fraction of sp³-hybridized carbons (Fsp3) is 0.900. The molecule has 1 saturated heterocycles. The van der Waals surface area contributed by atoms with Gasteiger partial charge >= 0.3 is 0 Å². The lowest BCUT2D eigenvalue weighted by molar-refractivity contribution is 0.111. The van der Waals surface area contributed by atoms with Crippen LogP contribution in [-0.2, 0) is 4.74 Å². The first-order valence-electron chi connectivity index (χ1n) is 5.14.